The Bertz CT molecular complexity index is 388. The summed E-state index contributed by atoms with van der Waals surface area (Å²) in [5.74, 6) is 0.0662. The van der Waals surface area contributed by atoms with Gasteiger partial charge in [-0.05, 0) is 24.5 Å². The van der Waals surface area contributed by atoms with Gasteiger partial charge in [-0.25, -0.2) is 0 Å². The summed E-state index contributed by atoms with van der Waals surface area (Å²) in [7, 11) is 0. The SMILES string of the molecule is CCc1cccc(C)c1NC(=O)C(C)(C)C. The number of carbonyl (C=O) groups is 1. The maximum absolute atomic E-state index is 11.9. The van der Waals surface area contributed by atoms with Crippen LogP contribution in [0.4, 0.5) is 5.69 Å². The zero-order valence-electron chi connectivity index (χ0n) is 10.8. The molecule has 0 spiro atoms. The molecular weight excluding hydrogens is 198 g/mol. The van der Waals surface area contributed by atoms with Crippen molar-refractivity contribution in [1.82, 2.24) is 0 Å². The van der Waals surface area contributed by atoms with Gasteiger partial charge >= 0.3 is 0 Å². The molecule has 0 atom stereocenters. The predicted molar refractivity (Wildman–Crippen MR) is 68.6 cm³/mol. The Labute approximate surface area is 98.1 Å². The Kier molecular flexibility index (Phi) is 3.74. The Balaban J connectivity index is 3.01. The molecule has 0 aromatic heterocycles. The molecule has 0 saturated carbocycles. The Hall–Kier alpha value is -1.31. The summed E-state index contributed by atoms with van der Waals surface area (Å²) in [6, 6.07) is 6.11. The number of hydrogen-bond acceptors (Lipinski definition) is 1. The molecule has 0 unspecified atom stereocenters. The molecule has 0 aliphatic heterocycles. The minimum atomic E-state index is -0.354. The van der Waals surface area contributed by atoms with E-state index < -0.39 is 0 Å². The molecule has 1 aromatic carbocycles. The van der Waals surface area contributed by atoms with E-state index in [9.17, 15) is 4.79 Å². The average molecular weight is 219 g/mol. The number of nitrogens with one attached hydrogen (secondary N) is 1. The van der Waals surface area contributed by atoms with Gasteiger partial charge in [-0.2, -0.15) is 0 Å². The summed E-state index contributed by atoms with van der Waals surface area (Å²) in [6.45, 7) is 9.89. The topological polar surface area (TPSA) is 29.1 Å². The quantitative estimate of drug-likeness (QED) is 0.809. The van der Waals surface area contributed by atoms with E-state index in [1.54, 1.807) is 0 Å². The molecule has 2 heteroatoms. The molecule has 0 heterocycles. The number of aryl methyl sites for hydroxylation is 2. The zero-order valence-corrected chi connectivity index (χ0v) is 10.8. The van der Waals surface area contributed by atoms with Crippen LogP contribution in [0, 0.1) is 12.3 Å². The average Bonchev–Trinajstić information content (AvgIpc) is 2.19. The van der Waals surface area contributed by atoms with Crippen molar-refractivity contribution in [2.45, 2.75) is 41.0 Å². The molecule has 1 amide bonds. The molecular formula is C14H21NO. The van der Waals surface area contributed by atoms with E-state index in [-0.39, 0.29) is 11.3 Å². The van der Waals surface area contributed by atoms with Crippen molar-refractivity contribution in [3.63, 3.8) is 0 Å². The summed E-state index contributed by atoms with van der Waals surface area (Å²) in [5.41, 5.74) is 2.94. The Morgan fingerprint density at radius 3 is 2.44 bits per heavy atom. The lowest BCUT2D eigenvalue weighted by molar-refractivity contribution is -0.123. The fourth-order valence-corrected chi connectivity index (χ4v) is 1.50. The summed E-state index contributed by atoms with van der Waals surface area (Å²) in [5, 5.41) is 3.03. The third kappa shape index (κ3) is 2.84. The van der Waals surface area contributed by atoms with Gasteiger partial charge in [0.15, 0.2) is 0 Å². The normalized spacial score (nSPS) is 11.3. The third-order valence-corrected chi connectivity index (χ3v) is 2.66. The van der Waals surface area contributed by atoms with Crippen molar-refractivity contribution in [3.8, 4) is 0 Å². The number of carbonyl (C=O) groups excluding carboxylic acids is 1. The van der Waals surface area contributed by atoms with Crippen molar-refractivity contribution in [2.24, 2.45) is 5.41 Å². The standard InChI is InChI=1S/C14H21NO/c1-6-11-9-7-8-10(2)12(11)15-13(16)14(3,4)5/h7-9H,6H2,1-5H3,(H,15,16). The van der Waals surface area contributed by atoms with Crippen LogP contribution in [0.1, 0.15) is 38.8 Å². The molecule has 1 N–H and O–H groups in total. The summed E-state index contributed by atoms with van der Waals surface area (Å²) in [6.07, 6.45) is 0.932. The minimum absolute atomic E-state index is 0.0662. The van der Waals surface area contributed by atoms with E-state index >= 15 is 0 Å². The fourth-order valence-electron chi connectivity index (χ4n) is 1.50. The van der Waals surface area contributed by atoms with E-state index in [0.717, 1.165) is 17.7 Å². The maximum Gasteiger partial charge on any atom is 0.229 e. The van der Waals surface area contributed by atoms with Gasteiger partial charge < -0.3 is 5.32 Å². The number of hydrogen-bond donors (Lipinski definition) is 1. The number of para-hydroxylation sites is 1. The van der Waals surface area contributed by atoms with Gasteiger partial charge in [0.05, 0.1) is 0 Å². The van der Waals surface area contributed by atoms with Crippen LogP contribution in [-0.2, 0) is 11.2 Å². The number of rotatable bonds is 2. The lowest BCUT2D eigenvalue weighted by Crippen LogP contribution is -2.28. The van der Waals surface area contributed by atoms with Crippen molar-refractivity contribution < 1.29 is 4.79 Å². The molecule has 2 nitrogen and oxygen atoms in total. The second kappa shape index (κ2) is 4.69. The highest BCUT2D eigenvalue weighted by molar-refractivity contribution is 5.95. The van der Waals surface area contributed by atoms with E-state index in [0.29, 0.717) is 0 Å². The van der Waals surface area contributed by atoms with Gasteiger partial charge in [-0.1, -0.05) is 45.9 Å². The first kappa shape index (κ1) is 12.8. The van der Waals surface area contributed by atoms with E-state index in [1.807, 2.05) is 39.8 Å². The van der Waals surface area contributed by atoms with E-state index in [1.165, 1.54) is 5.56 Å². The molecule has 0 aliphatic rings. The molecule has 0 bridgehead atoms. The van der Waals surface area contributed by atoms with Crippen LogP contribution < -0.4 is 5.32 Å². The molecule has 1 rings (SSSR count). The zero-order chi connectivity index (χ0) is 12.3. The Morgan fingerprint density at radius 2 is 1.94 bits per heavy atom. The highest BCUT2D eigenvalue weighted by atomic mass is 16.2. The maximum atomic E-state index is 11.9. The summed E-state index contributed by atoms with van der Waals surface area (Å²) >= 11 is 0. The predicted octanol–water partition coefficient (Wildman–Crippen LogP) is 3.54. The minimum Gasteiger partial charge on any atom is -0.325 e. The number of benzene rings is 1. The highest BCUT2D eigenvalue weighted by Gasteiger charge is 2.22. The molecule has 0 aliphatic carbocycles. The first-order chi connectivity index (χ1) is 7.36. The Morgan fingerprint density at radius 1 is 1.31 bits per heavy atom. The van der Waals surface area contributed by atoms with Gasteiger partial charge in [-0.3, -0.25) is 4.79 Å². The summed E-state index contributed by atoms with van der Waals surface area (Å²) < 4.78 is 0. The van der Waals surface area contributed by atoms with E-state index in [4.69, 9.17) is 0 Å². The van der Waals surface area contributed by atoms with Gasteiger partial charge in [0.2, 0.25) is 5.91 Å². The van der Waals surface area contributed by atoms with Crippen molar-refractivity contribution in [3.05, 3.63) is 29.3 Å². The second-order valence-electron chi connectivity index (χ2n) is 5.17. The van der Waals surface area contributed by atoms with Gasteiger partial charge in [0.1, 0.15) is 0 Å². The van der Waals surface area contributed by atoms with Crippen LogP contribution in [0.25, 0.3) is 0 Å². The second-order valence-corrected chi connectivity index (χ2v) is 5.17. The third-order valence-electron chi connectivity index (χ3n) is 2.66. The smallest absolute Gasteiger partial charge is 0.229 e. The molecule has 1 aromatic rings. The first-order valence-electron chi connectivity index (χ1n) is 5.76. The largest absolute Gasteiger partial charge is 0.325 e. The van der Waals surface area contributed by atoms with Crippen LogP contribution in [0.3, 0.4) is 0 Å². The molecule has 0 radical (unpaired) electrons. The summed E-state index contributed by atoms with van der Waals surface area (Å²) in [4.78, 5) is 11.9. The highest BCUT2D eigenvalue weighted by Crippen LogP contribution is 2.24. The van der Waals surface area contributed by atoms with Crippen LogP contribution in [0.15, 0.2) is 18.2 Å². The van der Waals surface area contributed by atoms with Crippen LogP contribution >= 0.6 is 0 Å². The van der Waals surface area contributed by atoms with Crippen LogP contribution in [0.5, 0.6) is 0 Å². The lowest BCUT2D eigenvalue weighted by Gasteiger charge is -2.20. The molecule has 88 valence electrons. The van der Waals surface area contributed by atoms with Gasteiger partial charge in [-0.15, -0.1) is 0 Å². The first-order valence-corrected chi connectivity index (χ1v) is 5.76. The van der Waals surface area contributed by atoms with Crippen molar-refractivity contribution in [1.29, 1.82) is 0 Å². The van der Waals surface area contributed by atoms with Crippen molar-refractivity contribution >= 4 is 11.6 Å². The molecule has 16 heavy (non-hydrogen) atoms. The number of amides is 1. The van der Waals surface area contributed by atoms with Crippen LogP contribution in [0.2, 0.25) is 0 Å². The van der Waals surface area contributed by atoms with E-state index in [2.05, 4.69) is 18.3 Å². The van der Waals surface area contributed by atoms with Gasteiger partial charge in [0.25, 0.3) is 0 Å². The fraction of sp³-hybridized carbons (Fsp3) is 0.500. The number of anilines is 1. The van der Waals surface area contributed by atoms with Crippen LogP contribution in [-0.4, -0.2) is 5.91 Å². The lowest BCUT2D eigenvalue weighted by atomic mass is 9.95. The van der Waals surface area contributed by atoms with Crippen molar-refractivity contribution in [2.75, 3.05) is 5.32 Å². The molecule has 0 fully saturated rings. The monoisotopic (exact) mass is 219 g/mol. The van der Waals surface area contributed by atoms with Gasteiger partial charge in [0, 0.05) is 11.1 Å². The molecule has 0 saturated heterocycles.